The maximum absolute atomic E-state index is 12.5. The van der Waals surface area contributed by atoms with Crippen LogP contribution in [0.1, 0.15) is 12.8 Å². The Balaban J connectivity index is 1.82. The van der Waals surface area contributed by atoms with Crippen molar-refractivity contribution in [2.24, 2.45) is 5.10 Å². The third kappa shape index (κ3) is 3.10. The Labute approximate surface area is 128 Å². The molecule has 1 aromatic carbocycles. The summed E-state index contributed by atoms with van der Waals surface area (Å²) in [6.07, 6.45) is 0.771. The number of thioether (sulfide) groups is 1. The van der Waals surface area contributed by atoms with Gasteiger partial charge in [-0.1, -0.05) is 18.2 Å². The topological polar surface area (TPSA) is 53.0 Å². The first-order chi connectivity index (χ1) is 10.3. The van der Waals surface area contributed by atoms with Crippen molar-refractivity contribution in [1.82, 2.24) is 4.90 Å². The SMILES string of the molecule is O=C(C1=NN(c2ccccc2)C(=O)CC1)N1CCSCC1. The number of hydrazone groups is 1. The number of carbonyl (C=O) groups excluding carboxylic acids is 2. The van der Waals surface area contributed by atoms with E-state index in [1.807, 2.05) is 47.0 Å². The minimum atomic E-state index is -0.0630. The number of benzene rings is 1. The van der Waals surface area contributed by atoms with Crippen LogP contribution in [0.2, 0.25) is 0 Å². The first kappa shape index (κ1) is 14.1. The van der Waals surface area contributed by atoms with Crippen LogP contribution in [-0.2, 0) is 9.59 Å². The average molecular weight is 303 g/mol. The molecule has 0 unspecified atom stereocenters. The number of amides is 2. The molecule has 0 aliphatic carbocycles. The van der Waals surface area contributed by atoms with Gasteiger partial charge in [-0.15, -0.1) is 0 Å². The molecule has 0 atom stereocenters. The predicted molar refractivity (Wildman–Crippen MR) is 84.5 cm³/mol. The van der Waals surface area contributed by atoms with Gasteiger partial charge in [0.2, 0.25) is 5.91 Å². The summed E-state index contributed by atoms with van der Waals surface area (Å²) in [6, 6.07) is 9.25. The molecule has 0 radical (unpaired) electrons. The van der Waals surface area contributed by atoms with Crippen LogP contribution in [0.15, 0.2) is 35.4 Å². The molecule has 1 fully saturated rings. The highest BCUT2D eigenvalue weighted by Gasteiger charge is 2.28. The summed E-state index contributed by atoms with van der Waals surface area (Å²) < 4.78 is 0. The molecule has 110 valence electrons. The van der Waals surface area contributed by atoms with Gasteiger partial charge < -0.3 is 4.90 Å². The van der Waals surface area contributed by atoms with E-state index in [9.17, 15) is 9.59 Å². The Morgan fingerprint density at radius 3 is 2.52 bits per heavy atom. The molecule has 1 saturated heterocycles. The zero-order valence-corrected chi connectivity index (χ0v) is 12.5. The van der Waals surface area contributed by atoms with Crippen LogP contribution in [0.5, 0.6) is 0 Å². The minimum absolute atomic E-state index is 0.0243. The van der Waals surface area contributed by atoms with E-state index in [1.54, 1.807) is 0 Å². The van der Waals surface area contributed by atoms with Gasteiger partial charge >= 0.3 is 0 Å². The summed E-state index contributed by atoms with van der Waals surface area (Å²) in [5.74, 6) is 1.86. The number of anilines is 1. The van der Waals surface area contributed by atoms with E-state index in [0.29, 0.717) is 24.2 Å². The Morgan fingerprint density at radius 1 is 1.10 bits per heavy atom. The molecule has 2 amide bonds. The normalized spacial score (nSPS) is 19.4. The standard InChI is InChI=1S/C15H17N3O2S/c19-14-7-6-13(15(20)17-8-10-21-11-9-17)16-18(14)12-4-2-1-3-5-12/h1-5H,6-11H2. The Bertz CT molecular complexity index is 568. The molecule has 21 heavy (non-hydrogen) atoms. The maximum atomic E-state index is 12.5. The highest BCUT2D eigenvalue weighted by atomic mass is 32.2. The van der Waals surface area contributed by atoms with Crippen LogP contribution in [0.3, 0.4) is 0 Å². The molecule has 0 N–H and O–H groups in total. The molecule has 0 aromatic heterocycles. The van der Waals surface area contributed by atoms with Gasteiger partial charge in [0.1, 0.15) is 5.71 Å². The van der Waals surface area contributed by atoms with Crippen LogP contribution in [-0.4, -0.2) is 47.0 Å². The molecule has 2 heterocycles. The zero-order chi connectivity index (χ0) is 14.7. The molecule has 0 bridgehead atoms. The first-order valence-electron chi connectivity index (χ1n) is 7.08. The fraction of sp³-hybridized carbons (Fsp3) is 0.400. The smallest absolute Gasteiger partial charge is 0.270 e. The van der Waals surface area contributed by atoms with Crippen molar-refractivity contribution >= 4 is 35.0 Å². The minimum Gasteiger partial charge on any atom is -0.336 e. The first-order valence-corrected chi connectivity index (χ1v) is 8.23. The van der Waals surface area contributed by atoms with Gasteiger partial charge in [0.25, 0.3) is 5.91 Å². The molecule has 6 heteroatoms. The molecule has 2 aliphatic rings. The molecule has 1 aromatic rings. The van der Waals surface area contributed by atoms with Crippen molar-refractivity contribution < 1.29 is 9.59 Å². The van der Waals surface area contributed by atoms with E-state index in [0.717, 1.165) is 24.6 Å². The fourth-order valence-corrected chi connectivity index (χ4v) is 3.33. The van der Waals surface area contributed by atoms with Crippen molar-refractivity contribution in [3.63, 3.8) is 0 Å². The van der Waals surface area contributed by atoms with Crippen molar-refractivity contribution in [2.45, 2.75) is 12.8 Å². The number of para-hydroxylation sites is 1. The van der Waals surface area contributed by atoms with Gasteiger partial charge in [-0.05, 0) is 12.1 Å². The molecule has 3 rings (SSSR count). The van der Waals surface area contributed by atoms with Crippen LogP contribution < -0.4 is 5.01 Å². The van der Waals surface area contributed by atoms with Gasteiger partial charge in [-0.25, -0.2) is 5.01 Å². The highest BCUT2D eigenvalue weighted by molar-refractivity contribution is 7.99. The molecule has 0 spiro atoms. The zero-order valence-electron chi connectivity index (χ0n) is 11.7. The second-order valence-electron chi connectivity index (χ2n) is 4.99. The number of hydrogen-bond donors (Lipinski definition) is 0. The van der Waals surface area contributed by atoms with Gasteiger partial charge in [-0.3, -0.25) is 9.59 Å². The fourth-order valence-electron chi connectivity index (χ4n) is 2.43. The Hall–Kier alpha value is -1.82. The second-order valence-corrected chi connectivity index (χ2v) is 6.22. The lowest BCUT2D eigenvalue weighted by atomic mass is 10.1. The lowest BCUT2D eigenvalue weighted by Gasteiger charge is -2.29. The molecular weight excluding hydrogens is 286 g/mol. The van der Waals surface area contributed by atoms with Crippen molar-refractivity contribution in [3.05, 3.63) is 30.3 Å². The molecular formula is C15H17N3O2S. The quantitative estimate of drug-likeness (QED) is 0.836. The van der Waals surface area contributed by atoms with E-state index >= 15 is 0 Å². The van der Waals surface area contributed by atoms with Gasteiger partial charge in [0, 0.05) is 37.4 Å². The van der Waals surface area contributed by atoms with Gasteiger partial charge in [-0.2, -0.15) is 16.9 Å². The van der Waals surface area contributed by atoms with Crippen LogP contribution in [0.4, 0.5) is 5.69 Å². The van der Waals surface area contributed by atoms with E-state index in [2.05, 4.69) is 5.10 Å². The van der Waals surface area contributed by atoms with E-state index in [1.165, 1.54) is 5.01 Å². The summed E-state index contributed by atoms with van der Waals surface area (Å²) in [6.45, 7) is 1.53. The molecule has 0 saturated carbocycles. The summed E-state index contributed by atoms with van der Waals surface area (Å²) in [5, 5.41) is 5.67. The average Bonchev–Trinajstić information content (AvgIpc) is 2.56. The van der Waals surface area contributed by atoms with Crippen molar-refractivity contribution in [1.29, 1.82) is 0 Å². The number of carbonyl (C=O) groups is 2. The maximum Gasteiger partial charge on any atom is 0.270 e. The molecule has 2 aliphatic heterocycles. The monoisotopic (exact) mass is 303 g/mol. The highest BCUT2D eigenvalue weighted by Crippen LogP contribution is 2.21. The summed E-state index contributed by atoms with van der Waals surface area (Å²) in [4.78, 5) is 26.4. The predicted octanol–water partition coefficient (Wildman–Crippen LogP) is 1.74. The Kier molecular flexibility index (Phi) is 4.24. The number of rotatable bonds is 2. The lowest BCUT2D eigenvalue weighted by Crippen LogP contribution is -2.44. The van der Waals surface area contributed by atoms with Gasteiger partial charge in [0.15, 0.2) is 0 Å². The van der Waals surface area contributed by atoms with Crippen molar-refractivity contribution in [3.8, 4) is 0 Å². The van der Waals surface area contributed by atoms with E-state index in [4.69, 9.17) is 0 Å². The third-order valence-electron chi connectivity index (χ3n) is 3.58. The summed E-state index contributed by atoms with van der Waals surface area (Å²) in [5.41, 5.74) is 1.20. The van der Waals surface area contributed by atoms with E-state index < -0.39 is 0 Å². The molecule has 5 nitrogen and oxygen atoms in total. The lowest BCUT2D eigenvalue weighted by molar-refractivity contribution is -0.124. The van der Waals surface area contributed by atoms with Crippen LogP contribution >= 0.6 is 11.8 Å². The number of nitrogens with zero attached hydrogens (tertiary/aromatic N) is 3. The second kappa shape index (κ2) is 6.30. The van der Waals surface area contributed by atoms with Crippen molar-refractivity contribution in [2.75, 3.05) is 29.6 Å². The third-order valence-corrected chi connectivity index (χ3v) is 4.52. The van der Waals surface area contributed by atoms with E-state index in [-0.39, 0.29) is 11.8 Å². The summed E-state index contributed by atoms with van der Waals surface area (Å²) >= 11 is 1.86. The van der Waals surface area contributed by atoms with Crippen LogP contribution in [0.25, 0.3) is 0 Å². The largest absolute Gasteiger partial charge is 0.336 e. The van der Waals surface area contributed by atoms with Gasteiger partial charge in [0.05, 0.1) is 5.69 Å². The number of hydrogen-bond acceptors (Lipinski definition) is 4. The summed E-state index contributed by atoms with van der Waals surface area (Å²) in [7, 11) is 0. The van der Waals surface area contributed by atoms with Crippen LogP contribution in [0, 0.1) is 0 Å². The Morgan fingerprint density at radius 2 is 1.81 bits per heavy atom.